The van der Waals surface area contributed by atoms with E-state index in [0.29, 0.717) is 0 Å². The maximum Gasteiger partial charge on any atom is 0.243 e. The molecule has 1 saturated heterocycles. The molecule has 5 N–H and O–H groups in total. The molecule has 1 fully saturated rings. The normalized spacial score (nSPS) is 34.8. The number of aliphatic hydroxyl groups excluding tert-OH is 4. The topological polar surface area (TPSA) is 128 Å². The molecule has 110 valence electrons. The molecule has 0 aromatic rings. The highest BCUT2D eigenvalue weighted by Crippen LogP contribution is 2.21. The highest BCUT2D eigenvalue weighted by molar-refractivity contribution is 5.86. The third kappa shape index (κ3) is 4.23. The lowest BCUT2D eigenvalue weighted by Gasteiger charge is -2.39. The first-order valence-electron chi connectivity index (χ1n) is 5.83. The zero-order chi connectivity index (χ0) is 14.4. The quantitative estimate of drug-likeness (QED) is 0.260. The van der Waals surface area contributed by atoms with E-state index >= 15 is 0 Å². The van der Waals surface area contributed by atoms with Gasteiger partial charge in [0.1, 0.15) is 24.4 Å². The molecule has 0 bridgehead atoms. The molecule has 8 heteroatoms. The second-order valence-corrected chi connectivity index (χ2v) is 4.06. The van der Waals surface area contributed by atoms with Crippen LogP contribution in [0, 0.1) is 0 Å². The summed E-state index contributed by atoms with van der Waals surface area (Å²) in [7, 11) is 0. The fourth-order valence-electron chi connectivity index (χ4n) is 1.63. The number of hydrogen-bond donors (Lipinski definition) is 5. The number of nitrogens with one attached hydrogen (secondary N) is 1. The molecular weight excluding hydrogens is 258 g/mol. The Hall–Kier alpha value is -1.03. The van der Waals surface area contributed by atoms with Crippen molar-refractivity contribution in [1.29, 1.82) is 0 Å². The average molecular weight is 277 g/mol. The largest absolute Gasteiger partial charge is 0.394 e. The third-order valence-corrected chi connectivity index (χ3v) is 2.72. The van der Waals surface area contributed by atoms with Crippen molar-refractivity contribution in [2.45, 2.75) is 30.7 Å². The summed E-state index contributed by atoms with van der Waals surface area (Å²) in [6, 6.07) is 0. The Morgan fingerprint density at radius 3 is 2.58 bits per heavy atom. The second-order valence-electron chi connectivity index (χ2n) is 4.06. The van der Waals surface area contributed by atoms with Crippen molar-refractivity contribution in [3.63, 3.8) is 0 Å². The van der Waals surface area contributed by atoms with Gasteiger partial charge in [0.2, 0.25) is 5.91 Å². The Bertz CT molecular complexity index is 309. The van der Waals surface area contributed by atoms with Crippen LogP contribution >= 0.6 is 0 Å². The Labute approximate surface area is 110 Å². The summed E-state index contributed by atoms with van der Waals surface area (Å²) >= 11 is 0. The van der Waals surface area contributed by atoms with Gasteiger partial charge in [-0.25, -0.2) is 0 Å². The van der Waals surface area contributed by atoms with Crippen molar-refractivity contribution in [2.24, 2.45) is 0 Å². The fourth-order valence-corrected chi connectivity index (χ4v) is 1.63. The van der Waals surface area contributed by atoms with Crippen molar-refractivity contribution in [3.05, 3.63) is 12.7 Å². The van der Waals surface area contributed by atoms with Crippen LogP contribution in [0.2, 0.25) is 0 Å². The van der Waals surface area contributed by atoms with Gasteiger partial charge in [0.05, 0.1) is 13.2 Å². The van der Waals surface area contributed by atoms with Gasteiger partial charge in [-0.05, 0) is 6.08 Å². The van der Waals surface area contributed by atoms with E-state index in [2.05, 4.69) is 11.9 Å². The van der Waals surface area contributed by atoms with Crippen LogP contribution in [0.1, 0.15) is 0 Å². The molecule has 0 spiro atoms. The van der Waals surface area contributed by atoms with E-state index in [1.807, 2.05) is 0 Å². The van der Waals surface area contributed by atoms with Gasteiger partial charge in [0, 0.05) is 6.54 Å². The monoisotopic (exact) mass is 277 g/mol. The maximum atomic E-state index is 10.8. The number of ether oxygens (including phenoxy) is 2. The van der Waals surface area contributed by atoms with Crippen molar-refractivity contribution < 1.29 is 34.7 Å². The summed E-state index contributed by atoms with van der Waals surface area (Å²) in [4.78, 5) is 10.8. The minimum atomic E-state index is -1.47. The molecule has 1 amide bonds. The summed E-state index contributed by atoms with van der Waals surface area (Å²) in [6.45, 7) is 2.96. The molecule has 5 atom stereocenters. The van der Waals surface area contributed by atoms with E-state index in [0.717, 1.165) is 6.08 Å². The van der Waals surface area contributed by atoms with Gasteiger partial charge < -0.3 is 35.2 Å². The van der Waals surface area contributed by atoms with Crippen LogP contribution < -0.4 is 5.32 Å². The van der Waals surface area contributed by atoms with Crippen LogP contribution in [0.4, 0.5) is 0 Å². The van der Waals surface area contributed by atoms with Crippen molar-refractivity contribution in [2.75, 3.05) is 19.8 Å². The van der Waals surface area contributed by atoms with Gasteiger partial charge in [-0.2, -0.15) is 0 Å². The Morgan fingerprint density at radius 2 is 2.00 bits per heavy atom. The van der Waals surface area contributed by atoms with Crippen LogP contribution in [0.25, 0.3) is 0 Å². The highest BCUT2D eigenvalue weighted by Gasteiger charge is 2.43. The third-order valence-electron chi connectivity index (χ3n) is 2.72. The Morgan fingerprint density at radius 1 is 1.32 bits per heavy atom. The lowest BCUT2D eigenvalue weighted by Crippen LogP contribution is -2.59. The first-order chi connectivity index (χ1) is 9.01. The van der Waals surface area contributed by atoms with E-state index < -0.39 is 37.3 Å². The molecule has 0 aromatic carbocycles. The minimum absolute atomic E-state index is 0.0300. The molecule has 0 aromatic heterocycles. The summed E-state index contributed by atoms with van der Waals surface area (Å²) in [5.41, 5.74) is 0. The summed E-state index contributed by atoms with van der Waals surface area (Å²) in [6.07, 6.45) is -5.41. The van der Waals surface area contributed by atoms with Crippen LogP contribution in [-0.2, 0) is 14.3 Å². The molecule has 0 radical (unpaired) electrons. The molecule has 8 nitrogen and oxygen atoms in total. The Kier molecular flexibility index (Phi) is 6.35. The van der Waals surface area contributed by atoms with E-state index in [-0.39, 0.29) is 19.1 Å². The molecule has 0 aliphatic carbocycles. The lowest BCUT2D eigenvalue weighted by atomic mass is 9.99. The molecule has 1 rings (SSSR count). The van der Waals surface area contributed by atoms with Gasteiger partial charge in [-0.1, -0.05) is 6.58 Å². The van der Waals surface area contributed by atoms with E-state index in [1.165, 1.54) is 0 Å². The predicted octanol–water partition coefficient (Wildman–Crippen LogP) is -2.89. The van der Waals surface area contributed by atoms with Crippen molar-refractivity contribution >= 4 is 5.91 Å². The zero-order valence-corrected chi connectivity index (χ0v) is 10.3. The summed E-state index contributed by atoms with van der Waals surface area (Å²) in [5, 5.41) is 40.1. The van der Waals surface area contributed by atoms with Gasteiger partial charge in [0.25, 0.3) is 0 Å². The lowest BCUT2D eigenvalue weighted by molar-refractivity contribution is -0.300. The maximum absolute atomic E-state index is 10.8. The van der Waals surface area contributed by atoms with Crippen LogP contribution in [0.5, 0.6) is 0 Å². The Balaban J connectivity index is 2.39. The molecule has 1 aliphatic rings. The number of carbonyl (C=O) groups excluding carboxylic acids is 1. The van der Waals surface area contributed by atoms with Crippen molar-refractivity contribution in [1.82, 2.24) is 5.32 Å². The first kappa shape index (κ1) is 16.0. The van der Waals surface area contributed by atoms with Crippen LogP contribution in [0.15, 0.2) is 12.7 Å². The average Bonchev–Trinajstić information content (AvgIpc) is 2.42. The minimum Gasteiger partial charge on any atom is -0.394 e. The van der Waals surface area contributed by atoms with Crippen molar-refractivity contribution in [3.8, 4) is 0 Å². The molecular formula is C11H19NO7. The van der Waals surface area contributed by atoms with Gasteiger partial charge in [0.15, 0.2) is 6.29 Å². The van der Waals surface area contributed by atoms with Crippen LogP contribution in [-0.4, -0.2) is 76.8 Å². The van der Waals surface area contributed by atoms with Gasteiger partial charge in [-0.15, -0.1) is 0 Å². The number of aliphatic hydroxyl groups is 4. The number of carbonyl (C=O) groups is 1. The zero-order valence-electron chi connectivity index (χ0n) is 10.3. The summed E-state index contributed by atoms with van der Waals surface area (Å²) in [5.74, 6) is -0.364. The van der Waals surface area contributed by atoms with E-state index in [4.69, 9.17) is 14.6 Å². The van der Waals surface area contributed by atoms with Crippen LogP contribution in [0.3, 0.4) is 0 Å². The number of hydrogen-bond acceptors (Lipinski definition) is 7. The summed E-state index contributed by atoms with van der Waals surface area (Å²) < 4.78 is 10.2. The fraction of sp³-hybridized carbons (Fsp3) is 0.727. The highest BCUT2D eigenvalue weighted by atomic mass is 16.7. The molecule has 19 heavy (non-hydrogen) atoms. The van der Waals surface area contributed by atoms with Gasteiger partial charge >= 0.3 is 0 Å². The standard InChI is InChI=1S/C11H19NO7/c1-2-7(14)12-3-4-18-11-10(17)9(16)8(15)6(5-13)19-11/h2,6,8-11,13,15-17H,1,3-5H2,(H,12,14)/t6-,8-,9+,10-,11-/m1/s1. The van der Waals surface area contributed by atoms with E-state index in [9.17, 15) is 20.1 Å². The SMILES string of the molecule is C=CC(=O)NCCO[C@@H]1O[C@H](CO)[C@@H](O)[C@H](O)[C@H]1O. The molecule has 1 heterocycles. The predicted molar refractivity (Wildman–Crippen MR) is 62.9 cm³/mol. The second kappa shape index (κ2) is 7.53. The molecule has 1 aliphatic heterocycles. The molecule has 0 unspecified atom stereocenters. The number of amides is 1. The molecule has 0 saturated carbocycles. The van der Waals surface area contributed by atoms with E-state index in [1.54, 1.807) is 0 Å². The number of rotatable bonds is 6. The smallest absolute Gasteiger partial charge is 0.243 e. The van der Waals surface area contributed by atoms with Gasteiger partial charge in [-0.3, -0.25) is 4.79 Å². The first-order valence-corrected chi connectivity index (χ1v) is 5.83.